The van der Waals surface area contributed by atoms with Crippen LogP contribution >= 0.6 is 22.7 Å². The Morgan fingerprint density at radius 1 is 0.974 bits per heavy atom. The van der Waals surface area contributed by atoms with Gasteiger partial charge in [-0.2, -0.15) is 0 Å². The quantitative estimate of drug-likeness (QED) is 0.490. The number of nitrogens with one attached hydrogen (secondary N) is 1. The van der Waals surface area contributed by atoms with Gasteiger partial charge in [0.05, 0.1) is 40.2 Å². The van der Waals surface area contributed by atoms with E-state index < -0.39 is 5.60 Å². The van der Waals surface area contributed by atoms with E-state index in [9.17, 15) is 4.79 Å². The molecule has 0 radical (unpaired) electrons. The van der Waals surface area contributed by atoms with Gasteiger partial charge in [0, 0.05) is 68.3 Å². The largest absolute Gasteiger partial charge is 0.444 e. The van der Waals surface area contributed by atoms with Crippen molar-refractivity contribution in [2.45, 2.75) is 116 Å². The molecule has 2 unspecified atom stereocenters. The Morgan fingerprint density at radius 2 is 1.59 bits per heavy atom. The van der Waals surface area contributed by atoms with E-state index >= 15 is 0 Å². The second kappa shape index (κ2) is 13.4. The van der Waals surface area contributed by atoms with E-state index in [1.807, 2.05) is 32.1 Å². The van der Waals surface area contributed by atoms with Crippen molar-refractivity contribution in [2.75, 3.05) is 26.3 Å². The van der Waals surface area contributed by atoms with Gasteiger partial charge in [0.25, 0.3) is 0 Å². The maximum atomic E-state index is 12.2. The van der Waals surface area contributed by atoms with Gasteiger partial charge in [-0.15, -0.1) is 22.7 Å². The summed E-state index contributed by atoms with van der Waals surface area (Å²) in [6.45, 7) is 11.0. The molecule has 1 amide bonds. The number of thiazole rings is 2. The molecule has 1 N–H and O–H groups in total. The third-order valence-corrected chi connectivity index (χ3v) is 9.78. The van der Waals surface area contributed by atoms with Crippen molar-refractivity contribution in [1.29, 1.82) is 0 Å². The number of aromatic nitrogens is 2. The maximum absolute atomic E-state index is 12.2. The second-order valence-corrected chi connectivity index (χ2v) is 14.2. The Hall–Kier alpha value is -1.59. The molecule has 0 aliphatic carbocycles. The van der Waals surface area contributed by atoms with E-state index in [-0.39, 0.29) is 6.09 Å². The zero-order chi connectivity index (χ0) is 27.2. The molecular weight excluding hydrogens is 532 g/mol. The van der Waals surface area contributed by atoms with E-state index in [4.69, 9.17) is 24.2 Å². The molecule has 0 aromatic carbocycles. The summed E-state index contributed by atoms with van der Waals surface area (Å²) >= 11 is 3.63. The number of carbonyl (C=O) groups is 1. The Balaban J connectivity index is 0.000000168. The van der Waals surface area contributed by atoms with E-state index in [0.717, 1.165) is 70.5 Å². The van der Waals surface area contributed by atoms with Crippen LogP contribution in [-0.2, 0) is 53.0 Å². The lowest BCUT2D eigenvalue weighted by Crippen LogP contribution is -2.39. The van der Waals surface area contributed by atoms with Crippen molar-refractivity contribution in [3.63, 3.8) is 0 Å². The summed E-state index contributed by atoms with van der Waals surface area (Å²) in [5.41, 5.74) is 2.06. The van der Waals surface area contributed by atoms with Crippen molar-refractivity contribution < 1.29 is 19.0 Å². The van der Waals surface area contributed by atoms with Gasteiger partial charge in [0.2, 0.25) is 0 Å². The van der Waals surface area contributed by atoms with Gasteiger partial charge < -0.3 is 24.4 Å². The Bertz CT molecular complexity index is 1060. The van der Waals surface area contributed by atoms with Gasteiger partial charge in [-0.25, -0.2) is 14.8 Å². The normalized spacial score (nSPS) is 22.7. The van der Waals surface area contributed by atoms with Gasteiger partial charge in [0.15, 0.2) is 0 Å². The first kappa shape index (κ1) is 28.9. The van der Waals surface area contributed by atoms with Crippen LogP contribution in [0.15, 0.2) is 0 Å². The number of hydrogen-bond donors (Lipinski definition) is 1. The molecule has 6 rings (SSSR count). The molecule has 8 nitrogen and oxygen atoms in total. The lowest BCUT2D eigenvalue weighted by atomic mass is 10.1. The lowest BCUT2D eigenvalue weighted by Gasteiger charge is -2.29. The van der Waals surface area contributed by atoms with Crippen LogP contribution in [0.3, 0.4) is 0 Å². The number of carbonyl (C=O) groups excluding carboxylic acids is 1. The summed E-state index contributed by atoms with van der Waals surface area (Å²) in [6, 6.07) is 0. The summed E-state index contributed by atoms with van der Waals surface area (Å²) in [6.07, 6.45) is 11.7. The molecule has 0 bridgehead atoms. The molecular formula is C29H44N4O4S2. The highest BCUT2D eigenvalue weighted by atomic mass is 32.1. The lowest BCUT2D eigenvalue weighted by molar-refractivity contribution is 0.0225. The Morgan fingerprint density at radius 3 is 2.15 bits per heavy atom. The summed E-state index contributed by atoms with van der Waals surface area (Å²) in [5.74, 6) is 0. The van der Waals surface area contributed by atoms with Crippen LogP contribution in [0.1, 0.15) is 90.5 Å². The average molecular weight is 577 g/mol. The SMILES string of the molecule is C1COC(CCc2nc3c(s2)CNCC3)C1.CC(C)(C)OC(=O)N1CCc2nc(CCC3CCCO3)sc2C1. The van der Waals surface area contributed by atoms with Crippen LogP contribution in [0.4, 0.5) is 4.79 Å². The third kappa shape index (κ3) is 8.45. The molecule has 2 saturated heterocycles. The molecule has 2 atom stereocenters. The molecule has 4 aliphatic heterocycles. The summed E-state index contributed by atoms with van der Waals surface area (Å²) < 4.78 is 16.8. The van der Waals surface area contributed by atoms with Crippen LogP contribution in [0.5, 0.6) is 0 Å². The molecule has 4 aliphatic rings. The third-order valence-electron chi connectivity index (χ3n) is 7.48. The number of amides is 1. The van der Waals surface area contributed by atoms with Gasteiger partial charge in [-0.3, -0.25) is 0 Å². The van der Waals surface area contributed by atoms with Gasteiger partial charge in [0.1, 0.15) is 5.60 Å². The molecule has 6 heterocycles. The summed E-state index contributed by atoms with van der Waals surface area (Å²) in [4.78, 5) is 26.2. The monoisotopic (exact) mass is 576 g/mol. The number of nitrogens with zero attached hydrogens (tertiary/aromatic N) is 3. The second-order valence-electron chi connectivity index (χ2n) is 11.9. The number of ether oxygens (including phenoxy) is 3. The van der Waals surface area contributed by atoms with Crippen molar-refractivity contribution in [3.05, 3.63) is 31.2 Å². The number of fused-ring (bicyclic) bond motifs is 2. The van der Waals surface area contributed by atoms with Crippen LogP contribution in [0.25, 0.3) is 0 Å². The van der Waals surface area contributed by atoms with Crippen molar-refractivity contribution in [3.8, 4) is 0 Å². The first-order valence-corrected chi connectivity index (χ1v) is 16.3. The van der Waals surface area contributed by atoms with Gasteiger partial charge in [-0.05, 0) is 59.3 Å². The predicted molar refractivity (Wildman–Crippen MR) is 155 cm³/mol. The summed E-state index contributed by atoms with van der Waals surface area (Å²) in [7, 11) is 0. The van der Waals surface area contributed by atoms with Gasteiger partial charge in [-0.1, -0.05) is 0 Å². The van der Waals surface area contributed by atoms with E-state index in [1.165, 1.54) is 51.1 Å². The van der Waals surface area contributed by atoms with Crippen LogP contribution in [0, 0.1) is 0 Å². The van der Waals surface area contributed by atoms with E-state index in [2.05, 4.69) is 5.32 Å². The fourth-order valence-electron chi connectivity index (χ4n) is 5.44. The van der Waals surface area contributed by atoms with Crippen molar-refractivity contribution >= 4 is 28.8 Å². The average Bonchev–Trinajstić information content (AvgIpc) is 3.71. The number of aryl methyl sites for hydroxylation is 2. The topological polar surface area (TPSA) is 85.8 Å². The minimum atomic E-state index is -0.447. The zero-order valence-corrected chi connectivity index (χ0v) is 25.4. The predicted octanol–water partition coefficient (Wildman–Crippen LogP) is 5.45. The molecule has 2 fully saturated rings. The molecule has 216 valence electrons. The minimum absolute atomic E-state index is 0.225. The van der Waals surface area contributed by atoms with Crippen molar-refractivity contribution in [1.82, 2.24) is 20.2 Å². The highest BCUT2D eigenvalue weighted by molar-refractivity contribution is 7.12. The number of hydrogen-bond acceptors (Lipinski definition) is 9. The van der Waals surface area contributed by atoms with Crippen LogP contribution in [-0.4, -0.2) is 65.1 Å². The Kier molecular flexibility index (Phi) is 9.92. The molecule has 2 aromatic rings. The van der Waals surface area contributed by atoms with Gasteiger partial charge >= 0.3 is 6.09 Å². The highest BCUT2D eigenvalue weighted by Crippen LogP contribution is 2.28. The maximum Gasteiger partial charge on any atom is 0.410 e. The molecule has 2 aromatic heterocycles. The smallest absolute Gasteiger partial charge is 0.410 e. The first-order chi connectivity index (χ1) is 18.8. The van der Waals surface area contributed by atoms with Crippen LogP contribution < -0.4 is 5.32 Å². The van der Waals surface area contributed by atoms with Crippen LogP contribution in [0.2, 0.25) is 0 Å². The molecule has 0 saturated carbocycles. The highest BCUT2D eigenvalue weighted by Gasteiger charge is 2.28. The fraction of sp³-hybridized carbons (Fsp3) is 0.759. The minimum Gasteiger partial charge on any atom is -0.444 e. The molecule has 39 heavy (non-hydrogen) atoms. The van der Waals surface area contributed by atoms with Crippen molar-refractivity contribution in [2.24, 2.45) is 0 Å². The molecule has 10 heteroatoms. The summed E-state index contributed by atoms with van der Waals surface area (Å²) in [5, 5.41) is 5.88. The standard InChI is InChI=1S/C17H26N2O3S.C12H18N2OS/c1-17(2,3)22-16(20)19-9-8-13-14(11-19)23-15(18-13)7-6-12-5-4-10-21-12;1-2-9(15-7-1)3-4-12-14-10-5-6-13-8-11(10)16-12/h12H,4-11H2,1-3H3;9,13H,1-8H2. The number of rotatable bonds is 6. The fourth-order valence-corrected chi connectivity index (χ4v) is 7.68. The first-order valence-electron chi connectivity index (χ1n) is 14.7. The Labute approximate surface area is 240 Å². The van der Waals surface area contributed by atoms with E-state index in [1.54, 1.807) is 16.2 Å². The zero-order valence-electron chi connectivity index (χ0n) is 23.8. The molecule has 0 spiro atoms. The van der Waals surface area contributed by atoms with E-state index in [0.29, 0.717) is 25.3 Å².